The van der Waals surface area contributed by atoms with Gasteiger partial charge in [0.2, 0.25) is 5.91 Å². The zero-order valence-electron chi connectivity index (χ0n) is 10.00. The molecule has 4 nitrogen and oxygen atoms in total. The lowest BCUT2D eigenvalue weighted by Gasteiger charge is -2.13. The van der Waals surface area contributed by atoms with Crippen LogP contribution in [-0.4, -0.2) is 32.2 Å². The average molecular weight is 240 g/mol. The van der Waals surface area contributed by atoms with Gasteiger partial charge in [-0.3, -0.25) is 4.79 Å². The molecule has 0 aromatic heterocycles. The molecule has 0 aliphatic rings. The highest BCUT2D eigenvalue weighted by Crippen LogP contribution is 2.11. The molecule has 0 saturated heterocycles. The molecule has 1 atom stereocenters. The Morgan fingerprint density at radius 1 is 1.47 bits per heavy atom. The highest BCUT2D eigenvalue weighted by atomic mass is 19.1. The average Bonchev–Trinajstić information content (AvgIpc) is 2.28. The van der Waals surface area contributed by atoms with Crippen molar-refractivity contribution < 1.29 is 13.9 Å². The van der Waals surface area contributed by atoms with Crippen LogP contribution in [0.5, 0.6) is 0 Å². The van der Waals surface area contributed by atoms with Crippen LogP contribution >= 0.6 is 0 Å². The molecule has 1 aromatic rings. The Labute approximate surface area is 100 Å². The third-order valence-corrected chi connectivity index (χ3v) is 2.14. The van der Waals surface area contributed by atoms with Crippen LogP contribution in [0.4, 0.5) is 10.1 Å². The molecule has 0 saturated carbocycles. The third kappa shape index (κ3) is 4.82. The number of para-hydroxylation sites is 1. The van der Waals surface area contributed by atoms with Crippen LogP contribution in [-0.2, 0) is 9.53 Å². The van der Waals surface area contributed by atoms with Crippen molar-refractivity contribution in [2.24, 2.45) is 0 Å². The molecule has 0 fully saturated rings. The van der Waals surface area contributed by atoms with Crippen molar-refractivity contribution in [2.45, 2.75) is 13.0 Å². The molecule has 0 aliphatic heterocycles. The van der Waals surface area contributed by atoms with E-state index in [9.17, 15) is 9.18 Å². The van der Waals surface area contributed by atoms with Crippen LogP contribution in [0.3, 0.4) is 0 Å². The van der Waals surface area contributed by atoms with E-state index in [1.165, 1.54) is 6.07 Å². The lowest BCUT2D eigenvalue weighted by Crippen LogP contribution is -2.39. The van der Waals surface area contributed by atoms with Gasteiger partial charge in [0.25, 0.3) is 0 Å². The lowest BCUT2D eigenvalue weighted by molar-refractivity contribution is -0.120. The number of ether oxygens (including phenoxy) is 1. The minimum atomic E-state index is -0.370. The van der Waals surface area contributed by atoms with E-state index in [0.717, 1.165) is 0 Å². The summed E-state index contributed by atoms with van der Waals surface area (Å²) in [6.45, 7) is 2.32. The van der Waals surface area contributed by atoms with E-state index in [1.807, 2.05) is 6.92 Å². The first kappa shape index (κ1) is 13.4. The molecule has 1 amide bonds. The molecular weight excluding hydrogens is 223 g/mol. The van der Waals surface area contributed by atoms with Gasteiger partial charge >= 0.3 is 0 Å². The van der Waals surface area contributed by atoms with Crippen LogP contribution in [0.2, 0.25) is 0 Å². The quantitative estimate of drug-likeness (QED) is 0.790. The Bertz CT molecular complexity index is 371. The second kappa shape index (κ2) is 6.85. The summed E-state index contributed by atoms with van der Waals surface area (Å²) in [6.07, 6.45) is 0. The number of hydrogen-bond donors (Lipinski definition) is 2. The molecule has 94 valence electrons. The van der Waals surface area contributed by atoms with Gasteiger partial charge in [0.1, 0.15) is 5.82 Å². The summed E-state index contributed by atoms with van der Waals surface area (Å²) in [5.41, 5.74) is 0.321. The Balaban J connectivity index is 2.36. The van der Waals surface area contributed by atoms with Gasteiger partial charge in [-0.1, -0.05) is 12.1 Å². The standard InChI is InChI=1S/C12H17FN2O2/c1-9(8-17-2)15-12(16)7-14-11-6-4-3-5-10(11)13/h3-6,9,14H,7-8H2,1-2H3,(H,15,16). The first-order valence-corrected chi connectivity index (χ1v) is 5.40. The highest BCUT2D eigenvalue weighted by Gasteiger charge is 2.07. The van der Waals surface area contributed by atoms with Crippen molar-refractivity contribution in [2.75, 3.05) is 25.6 Å². The summed E-state index contributed by atoms with van der Waals surface area (Å²) in [7, 11) is 1.57. The van der Waals surface area contributed by atoms with Gasteiger partial charge in [0.15, 0.2) is 0 Å². The van der Waals surface area contributed by atoms with Crippen LogP contribution in [0.1, 0.15) is 6.92 Å². The number of anilines is 1. The number of halogens is 1. The second-order valence-electron chi connectivity index (χ2n) is 3.76. The van der Waals surface area contributed by atoms with E-state index in [0.29, 0.717) is 12.3 Å². The SMILES string of the molecule is COCC(C)NC(=O)CNc1ccccc1F. The van der Waals surface area contributed by atoms with E-state index in [1.54, 1.807) is 25.3 Å². The fourth-order valence-electron chi connectivity index (χ4n) is 1.40. The molecule has 0 spiro atoms. The Morgan fingerprint density at radius 3 is 2.82 bits per heavy atom. The maximum Gasteiger partial charge on any atom is 0.239 e. The van der Waals surface area contributed by atoms with Gasteiger partial charge in [-0.15, -0.1) is 0 Å². The molecular formula is C12H17FN2O2. The molecule has 0 bridgehead atoms. The number of benzene rings is 1. The normalized spacial score (nSPS) is 11.9. The number of carbonyl (C=O) groups is 1. The first-order valence-electron chi connectivity index (χ1n) is 5.40. The maximum atomic E-state index is 13.2. The van der Waals surface area contributed by atoms with E-state index >= 15 is 0 Å². The predicted octanol–water partition coefficient (Wildman–Crippen LogP) is 1.39. The highest BCUT2D eigenvalue weighted by molar-refractivity contribution is 5.80. The Kier molecular flexibility index (Phi) is 5.42. The number of rotatable bonds is 6. The number of carbonyl (C=O) groups excluding carboxylic acids is 1. The number of hydrogen-bond acceptors (Lipinski definition) is 3. The number of amides is 1. The summed E-state index contributed by atoms with van der Waals surface area (Å²) in [5.74, 6) is -0.567. The third-order valence-electron chi connectivity index (χ3n) is 2.14. The van der Waals surface area contributed by atoms with Gasteiger partial charge in [0, 0.05) is 13.2 Å². The summed E-state index contributed by atoms with van der Waals surface area (Å²) < 4.78 is 18.1. The molecule has 2 N–H and O–H groups in total. The molecule has 1 aromatic carbocycles. The molecule has 0 heterocycles. The monoisotopic (exact) mass is 240 g/mol. The van der Waals surface area contributed by atoms with Gasteiger partial charge in [-0.25, -0.2) is 4.39 Å². The fraction of sp³-hybridized carbons (Fsp3) is 0.417. The van der Waals surface area contributed by atoms with Gasteiger partial charge in [0.05, 0.1) is 18.8 Å². The smallest absolute Gasteiger partial charge is 0.239 e. The van der Waals surface area contributed by atoms with Crippen molar-refractivity contribution in [3.63, 3.8) is 0 Å². The van der Waals surface area contributed by atoms with E-state index < -0.39 is 0 Å². The van der Waals surface area contributed by atoms with Crippen molar-refractivity contribution >= 4 is 11.6 Å². The van der Waals surface area contributed by atoms with E-state index in [4.69, 9.17) is 4.74 Å². The van der Waals surface area contributed by atoms with Crippen LogP contribution < -0.4 is 10.6 Å². The van der Waals surface area contributed by atoms with E-state index in [2.05, 4.69) is 10.6 Å². The first-order chi connectivity index (χ1) is 8.13. The topological polar surface area (TPSA) is 50.4 Å². The molecule has 0 radical (unpaired) electrons. The lowest BCUT2D eigenvalue weighted by atomic mass is 10.3. The Morgan fingerprint density at radius 2 is 2.18 bits per heavy atom. The number of methoxy groups -OCH3 is 1. The molecule has 1 rings (SSSR count). The fourth-order valence-corrected chi connectivity index (χ4v) is 1.40. The van der Waals surface area contributed by atoms with Gasteiger partial charge in [-0.05, 0) is 19.1 Å². The predicted molar refractivity (Wildman–Crippen MR) is 64.4 cm³/mol. The molecule has 5 heteroatoms. The summed E-state index contributed by atoms with van der Waals surface area (Å²) in [5, 5.41) is 5.45. The van der Waals surface area contributed by atoms with Crippen molar-refractivity contribution in [1.29, 1.82) is 0 Å². The molecule has 1 unspecified atom stereocenters. The van der Waals surface area contributed by atoms with Crippen LogP contribution in [0.15, 0.2) is 24.3 Å². The van der Waals surface area contributed by atoms with Gasteiger partial charge in [-0.2, -0.15) is 0 Å². The second-order valence-corrected chi connectivity index (χ2v) is 3.76. The molecule has 0 aliphatic carbocycles. The zero-order valence-corrected chi connectivity index (χ0v) is 10.00. The summed E-state index contributed by atoms with van der Waals surface area (Å²) >= 11 is 0. The maximum absolute atomic E-state index is 13.2. The summed E-state index contributed by atoms with van der Waals surface area (Å²) in [6, 6.07) is 6.17. The van der Waals surface area contributed by atoms with Crippen LogP contribution in [0, 0.1) is 5.82 Å². The molecule has 17 heavy (non-hydrogen) atoms. The Hall–Kier alpha value is -1.62. The minimum absolute atomic E-state index is 0.0367. The summed E-state index contributed by atoms with van der Waals surface area (Å²) in [4.78, 5) is 11.5. The zero-order chi connectivity index (χ0) is 12.7. The van der Waals surface area contributed by atoms with Crippen LogP contribution in [0.25, 0.3) is 0 Å². The number of nitrogens with one attached hydrogen (secondary N) is 2. The van der Waals surface area contributed by atoms with Crippen molar-refractivity contribution in [1.82, 2.24) is 5.32 Å². The van der Waals surface area contributed by atoms with Crippen molar-refractivity contribution in [3.05, 3.63) is 30.1 Å². The van der Waals surface area contributed by atoms with E-state index in [-0.39, 0.29) is 24.3 Å². The van der Waals surface area contributed by atoms with Crippen molar-refractivity contribution in [3.8, 4) is 0 Å². The minimum Gasteiger partial charge on any atom is -0.383 e. The van der Waals surface area contributed by atoms with Gasteiger partial charge < -0.3 is 15.4 Å². The largest absolute Gasteiger partial charge is 0.383 e.